The molecule has 0 saturated carbocycles. The standard InChI is InChI=1S/C28H29BrCl2N4O2/c29-21-5-4-20(18-32-8-9-35-10-12-37-13-11-35)25(15-21)34-28(17-19-2-1-3-22(30)14-19)24-7-6-23(31)16-26(24)33-27(28)36/h1-7,14-16,32,34H,8-13,17-18H2,(H,33,36). The molecule has 0 aromatic heterocycles. The molecule has 0 radical (unpaired) electrons. The van der Waals surface area contributed by atoms with Crippen molar-refractivity contribution >= 4 is 56.4 Å². The number of carbonyl (C=O) groups is 1. The van der Waals surface area contributed by atoms with Crippen molar-refractivity contribution in [2.45, 2.75) is 18.5 Å². The van der Waals surface area contributed by atoms with Gasteiger partial charge in [0.1, 0.15) is 5.54 Å². The summed E-state index contributed by atoms with van der Waals surface area (Å²) in [7, 11) is 0. The normalized spacial score (nSPS) is 19.5. The van der Waals surface area contributed by atoms with Gasteiger partial charge in [-0.3, -0.25) is 9.69 Å². The number of carbonyl (C=O) groups excluding carboxylic acids is 1. The lowest BCUT2D eigenvalue weighted by Gasteiger charge is -2.32. The predicted molar refractivity (Wildman–Crippen MR) is 154 cm³/mol. The van der Waals surface area contributed by atoms with E-state index in [4.69, 9.17) is 27.9 Å². The van der Waals surface area contributed by atoms with Gasteiger partial charge in [0.05, 0.1) is 13.2 Å². The van der Waals surface area contributed by atoms with Gasteiger partial charge in [0, 0.05) is 70.6 Å². The molecular weight excluding hydrogens is 575 g/mol. The van der Waals surface area contributed by atoms with E-state index in [0.717, 1.165) is 66.2 Å². The number of halogens is 3. The fraction of sp³-hybridized carbons (Fsp3) is 0.321. The number of hydrogen-bond donors (Lipinski definition) is 3. The minimum atomic E-state index is -1.03. The number of nitrogens with zero attached hydrogens (tertiary/aromatic N) is 1. The SMILES string of the molecule is O=C1Nc2cc(Cl)ccc2C1(Cc1cccc(Cl)c1)Nc1cc(Br)ccc1CNCCN1CCOCC1. The molecule has 2 aliphatic rings. The minimum Gasteiger partial charge on any atom is -0.379 e. The minimum absolute atomic E-state index is 0.129. The fourth-order valence-electron chi connectivity index (χ4n) is 4.97. The summed E-state index contributed by atoms with van der Waals surface area (Å²) in [6.45, 7) is 6.04. The zero-order valence-corrected chi connectivity index (χ0v) is 23.4. The summed E-state index contributed by atoms with van der Waals surface area (Å²) >= 11 is 16.2. The van der Waals surface area contributed by atoms with Crippen molar-refractivity contribution in [1.29, 1.82) is 0 Å². The number of benzene rings is 3. The number of morpholine rings is 1. The molecule has 5 rings (SSSR count). The molecule has 2 heterocycles. The van der Waals surface area contributed by atoms with Gasteiger partial charge in [-0.15, -0.1) is 0 Å². The molecule has 3 aromatic carbocycles. The third-order valence-electron chi connectivity index (χ3n) is 6.88. The molecule has 6 nitrogen and oxygen atoms in total. The van der Waals surface area contributed by atoms with E-state index in [1.54, 1.807) is 6.07 Å². The first kappa shape index (κ1) is 26.5. The van der Waals surface area contributed by atoms with Crippen LogP contribution in [0.3, 0.4) is 0 Å². The van der Waals surface area contributed by atoms with E-state index in [1.807, 2.05) is 48.5 Å². The summed E-state index contributed by atoms with van der Waals surface area (Å²) in [5.74, 6) is -0.129. The van der Waals surface area contributed by atoms with E-state index in [0.29, 0.717) is 28.7 Å². The second kappa shape index (κ2) is 11.7. The van der Waals surface area contributed by atoms with E-state index in [9.17, 15) is 4.79 Å². The van der Waals surface area contributed by atoms with Gasteiger partial charge in [-0.05, 0) is 47.5 Å². The zero-order chi connectivity index (χ0) is 25.8. The van der Waals surface area contributed by atoms with Crippen LogP contribution < -0.4 is 16.0 Å². The summed E-state index contributed by atoms with van der Waals surface area (Å²) in [5.41, 5.74) is 3.45. The number of amides is 1. The Morgan fingerprint density at radius 1 is 1.03 bits per heavy atom. The topological polar surface area (TPSA) is 65.6 Å². The van der Waals surface area contributed by atoms with E-state index < -0.39 is 5.54 Å². The molecule has 2 aliphatic heterocycles. The van der Waals surface area contributed by atoms with Crippen LogP contribution in [0.25, 0.3) is 0 Å². The molecular formula is C28H29BrCl2N4O2. The van der Waals surface area contributed by atoms with Crippen LogP contribution in [0.2, 0.25) is 10.0 Å². The summed E-state index contributed by atoms with van der Waals surface area (Å²) in [6.07, 6.45) is 0.421. The van der Waals surface area contributed by atoms with Crippen LogP contribution in [0.1, 0.15) is 16.7 Å². The maximum absolute atomic E-state index is 13.7. The smallest absolute Gasteiger partial charge is 0.255 e. The third-order valence-corrected chi connectivity index (χ3v) is 7.84. The van der Waals surface area contributed by atoms with Crippen LogP contribution in [0.5, 0.6) is 0 Å². The number of hydrogen-bond acceptors (Lipinski definition) is 5. The predicted octanol–water partition coefficient (Wildman–Crippen LogP) is 5.68. The molecule has 1 unspecified atom stereocenters. The highest BCUT2D eigenvalue weighted by atomic mass is 79.9. The Balaban J connectivity index is 1.43. The summed E-state index contributed by atoms with van der Waals surface area (Å²) in [5, 5.41) is 11.5. The van der Waals surface area contributed by atoms with Crippen LogP contribution in [-0.2, 0) is 28.0 Å². The van der Waals surface area contributed by atoms with Gasteiger partial charge < -0.3 is 20.7 Å². The Bertz CT molecular complexity index is 1280. The van der Waals surface area contributed by atoms with Crippen molar-refractivity contribution in [3.63, 3.8) is 0 Å². The molecule has 0 spiro atoms. The van der Waals surface area contributed by atoms with Gasteiger partial charge in [0.25, 0.3) is 5.91 Å². The molecule has 9 heteroatoms. The van der Waals surface area contributed by atoms with E-state index >= 15 is 0 Å². The average molecular weight is 604 g/mol. The largest absolute Gasteiger partial charge is 0.379 e. The third kappa shape index (κ3) is 6.14. The summed E-state index contributed by atoms with van der Waals surface area (Å²) < 4.78 is 6.37. The Kier molecular flexibility index (Phi) is 8.39. The number of anilines is 2. The van der Waals surface area contributed by atoms with Crippen LogP contribution in [-0.4, -0.2) is 50.2 Å². The second-order valence-electron chi connectivity index (χ2n) is 9.41. The summed E-state index contributed by atoms with van der Waals surface area (Å²) in [4.78, 5) is 16.1. The van der Waals surface area contributed by atoms with Crippen molar-refractivity contribution in [2.75, 3.05) is 50.0 Å². The van der Waals surface area contributed by atoms with Crippen molar-refractivity contribution in [1.82, 2.24) is 10.2 Å². The van der Waals surface area contributed by atoms with Gasteiger partial charge in [-0.25, -0.2) is 0 Å². The van der Waals surface area contributed by atoms with Gasteiger partial charge in [-0.2, -0.15) is 0 Å². The molecule has 1 fully saturated rings. The first-order chi connectivity index (χ1) is 17.9. The highest BCUT2D eigenvalue weighted by molar-refractivity contribution is 9.10. The zero-order valence-electron chi connectivity index (χ0n) is 20.3. The lowest BCUT2D eigenvalue weighted by atomic mass is 9.84. The van der Waals surface area contributed by atoms with Crippen LogP contribution in [0.15, 0.2) is 65.1 Å². The first-order valence-electron chi connectivity index (χ1n) is 12.4. The van der Waals surface area contributed by atoms with Crippen molar-refractivity contribution in [3.05, 3.63) is 91.9 Å². The van der Waals surface area contributed by atoms with Crippen molar-refractivity contribution < 1.29 is 9.53 Å². The second-order valence-corrected chi connectivity index (χ2v) is 11.2. The molecule has 0 aliphatic carbocycles. The molecule has 0 bridgehead atoms. The van der Waals surface area contributed by atoms with E-state index in [-0.39, 0.29) is 5.91 Å². The van der Waals surface area contributed by atoms with Crippen molar-refractivity contribution in [3.8, 4) is 0 Å². The van der Waals surface area contributed by atoms with Gasteiger partial charge >= 0.3 is 0 Å². The Labute approximate surface area is 235 Å². The molecule has 1 atom stereocenters. The molecule has 1 saturated heterocycles. The Morgan fingerprint density at radius 3 is 2.65 bits per heavy atom. The number of ether oxygens (including phenoxy) is 1. The van der Waals surface area contributed by atoms with Gasteiger partial charge in [0.2, 0.25) is 0 Å². The van der Waals surface area contributed by atoms with Crippen molar-refractivity contribution in [2.24, 2.45) is 0 Å². The Morgan fingerprint density at radius 2 is 1.84 bits per heavy atom. The van der Waals surface area contributed by atoms with E-state index in [1.165, 1.54) is 0 Å². The highest BCUT2D eigenvalue weighted by Crippen LogP contribution is 2.43. The van der Waals surface area contributed by atoms with E-state index in [2.05, 4.69) is 42.8 Å². The highest BCUT2D eigenvalue weighted by Gasteiger charge is 2.47. The number of nitrogens with one attached hydrogen (secondary N) is 3. The first-order valence-corrected chi connectivity index (χ1v) is 13.9. The average Bonchev–Trinajstić information content (AvgIpc) is 3.13. The lowest BCUT2D eigenvalue weighted by Crippen LogP contribution is -2.44. The molecule has 194 valence electrons. The molecule has 37 heavy (non-hydrogen) atoms. The number of fused-ring (bicyclic) bond motifs is 1. The van der Waals surface area contributed by atoms with Gasteiger partial charge in [0.15, 0.2) is 0 Å². The Hall–Kier alpha value is -2.13. The molecule has 1 amide bonds. The van der Waals surface area contributed by atoms with Gasteiger partial charge in [-0.1, -0.05) is 63.4 Å². The van der Waals surface area contributed by atoms with Crippen LogP contribution >= 0.6 is 39.1 Å². The number of rotatable bonds is 9. The lowest BCUT2D eigenvalue weighted by molar-refractivity contribution is -0.119. The maximum atomic E-state index is 13.7. The summed E-state index contributed by atoms with van der Waals surface area (Å²) in [6, 6.07) is 19.3. The molecule has 3 aromatic rings. The quantitative estimate of drug-likeness (QED) is 0.275. The van der Waals surface area contributed by atoms with Crippen LogP contribution in [0, 0.1) is 0 Å². The fourth-order valence-corrected chi connectivity index (χ4v) is 5.72. The molecule has 3 N–H and O–H groups in total. The monoisotopic (exact) mass is 602 g/mol. The maximum Gasteiger partial charge on any atom is 0.255 e. The van der Waals surface area contributed by atoms with Crippen LogP contribution in [0.4, 0.5) is 11.4 Å².